The molecule has 152 valence electrons. The standard InChI is InChI=1S/C19H18FN3O3S3/c1-23(14-6-7-29(25,26)10-14)16(24)9-28-19-17-15(8-27-18(17)21-11-22-19)12-2-4-13(20)5-3-12/h2-5,8,11,14H,6-7,9-10H2,1H3. The van der Waals surface area contributed by atoms with Crippen molar-refractivity contribution in [3.63, 3.8) is 0 Å². The second-order valence-corrected chi connectivity index (χ2v) is 10.9. The van der Waals surface area contributed by atoms with Crippen LogP contribution in [0, 0.1) is 5.82 Å². The minimum absolute atomic E-state index is 0.0247. The highest BCUT2D eigenvalue weighted by Crippen LogP contribution is 2.38. The van der Waals surface area contributed by atoms with Gasteiger partial charge in [0.2, 0.25) is 5.91 Å². The van der Waals surface area contributed by atoms with Crippen molar-refractivity contribution in [2.75, 3.05) is 24.3 Å². The number of hydrogen-bond acceptors (Lipinski definition) is 7. The molecule has 1 aromatic carbocycles. The van der Waals surface area contributed by atoms with Crippen molar-refractivity contribution in [3.05, 3.63) is 41.8 Å². The van der Waals surface area contributed by atoms with E-state index in [1.165, 1.54) is 46.5 Å². The summed E-state index contributed by atoms with van der Waals surface area (Å²) >= 11 is 2.77. The van der Waals surface area contributed by atoms with Crippen molar-refractivity contribution < 1.29 is 17.6 Å². The van der Waals surface area contributed by atoms with E-state index in [4.69, 9.17) is 0 Å². The van der Waals surface area contributed by atoms with Crippen LogP contribution < -0.4 is 0 Å². The third kappa shape index (κ3) is 4.29. The molecule has 1 amide bonds. The molecule has 3 heterocycles. The zero-order valence-corrected chi connectivity index (χ0v) is 18.0. The van der Waals surface area contributed by atoms with Crippen molar-refractivity contribution in [2.45, 2.75) is 17.5 Å². The third-order valence-electron chi connectivity index (χ3n) is 4.97. The van der Waals surface area contributed by atoms with Crippen LogP contribution in [0.1, 0.15) is 6.42 Å². The third-order valence-corrected chi connectivity index (χ3v) is 8.58. The molecule has 2 aromatic heterocycles. The minimum Gasteiger partial charge on any atom is -0.341 e. The molecule has 29 heavy (non-hydrogen) atoms. The van der Waals surface area contributed by atoms with E-state index in [1.807, 2.05) is 5.38 Å². The summed E-state index contributed by atoms with van der Waals surface area (Å²) in [4.78, 5) is 23.6. The van der Waals surface area contributed by atoms with Crippen molar-refractivity contribution in [3.8, 4) is 11.1 Å². The van der Waals surface area contributed by atoms with Crippen molar-refractivity contribution in [2.24, 2.45) is 0 Å². The first-order valence-electron chi connectivity index (χ1n) is 8.91. The first-order chi connectivity index (χ1) is 13.8. The molecule has 1 aliphatic rings. The molecule has 3 aromatic rings. The Hall–Kier alpha value is -2.04. The molecule has 1 atom stereocenters. The van der Waals surface area contributed by atoms with Crippen molar-refractivity contribution >= 4 is 49.1 Å². The van der Waals surface area contributed by atoms with E-state index in [0.717, 1.165) is 21.3 Å². The molecule has 0 spiro atoms. The molecule has 4 rings (SSSR count). The summed E-state index contributed by atoms with van der Waals surface area (Å²) in [5.41, 5.74) is 1.75. The number of aromatic nitrogens is 2. The first kappa shape index (κ1) is 20.2. The molecule has 0 radical (unpaired) electrons. The summed E-state index contributed by atoms with van der Waals surface area (Å²) in [5.74, 6) is -0.135. The Kier molecular flexibility index (Phi) is 5.58. The van der Waals surface area contributed by atoms with Gasteiger partial charge in [-0.05, 0) is 24.1 Å². The van der Waals surface area contributed by atoms with Crippen LogP contribution in [-0.2, 0) is 14.6 Å². The lowest BCUT2D eigenvalue weighted by molar-refractivity contribution is -0.128. The average Bonchev–Trinajstić information content (AvgIpc) is 3.29. The number of halogens is 1. The summed E-state index contributed by atoms with van der Waals surface area (Å²) in [6.07, 6.45) is 1.94. The smallest absolute Gasteiger partial charge is 0.233 e. The summed E-state index contributed by atoms with van der Waals surface area (Å²) < 4.78 is 36.6. The fourth-order valence-corrected chi connectivity index (χ4v) is 7.01. The second kappa shape index (κ2) is 8.00. The van der Waals surface area contributed by atoms with E-state index in [0.29, 0.717) is 11.4 Å². The van der Waals surface area contributed by atoms with Crippen LogP contribution in [0.15, 0.2) is 41.0 Å². The molecule has 0 saturated carbocycles. The zero-order valence-electron chi connectivity index (χ0n) is 15.5. The number of carbonyl (C=O) groups is 1. The Morgan fingerprint density at radius 2 is 2.07 bits per heavy atom. The van der Waals surface area contributed by atoms with E-state index in [9.17, 15) is 17.6 Å². The second-order valence-electron chi connectivity index (χ2n) is 6.87. The van der Waals surface area contributed by atoms with Crippen molar-refractivity contribution in [1.82, 2.24) is 14.9 Å². The number of thioether (sulfide) groups is 1. The maximum absolute atomic E-state index is 13.3. The normalized spacial score (nSPS) is 18.2. The van der Waals surface area contributed by atoms with Gasteiger partial charge in [-0.1, -0.05) is 23.9 Å². The maximum atomic E-state index is 13.3. The van der Waals surface area contributed by atoms with Crippen LogP contribution in [-0.4, -0.2) is 59.5 Å². The average molecular weight is 452 g/mol. The Labute approximate surface area is 176 Å². The molecule has 0 aliphatic carbocycles. The van der Waals surface area contributed by atoms with Crippen LogP contribution in [0.25, 0.3) is 21.3 Å². The van der Waals surface area contributed by atoms with Gasteiger partial charge in [-0.2, -0.15) is 0 Å². The number of hydrogen-bond donors (Lipinski definition) is 0. The monoisotopic (exact) mass is 451 g/mol. The predicted octanol–water partition coefficient (Wildman–Crippen LogP) is 3.24. The molecular weight excluding hydrogens is 433 g/mol. The molecule has 0 N–H and O–H groups in total. The molecule has 1 unspecified atom stereocenters. The lowest BCUT2D eigenvalue weighted by Gasteiger charge is -2.23. The number of thiophene rings is 1. The van der Waals surface area contributed by atoms with Crippen LogP contribution in [0.5, 0.6) is 0 Å². The van der Waals surface area contributed by atoms with Crippen LogP contribution in [0.3, 0.4) is 0 Å². The van der Waals surface area contributed by atoms with E-state index in [1.54, 1.807) is 19.2 Å². The van der Waals surface area contributed by atoms with Gasteiger partial charge in [0.1, 0.15) is 22.0 Å². The zero-order chi connectivity index (χ0) is 20.6. The number of amides is 1. The SMILES string of the molecule is CN(C(=O)CSc1ncnc2scc(-c3ccc(F)cc3)c12)C1CCS(=O)(=O)C1. The highest BCUT2D eigenvalue weighted by molar-refractivity contribution is 8.00. The van der Waals surface area contributed by atoms with E-state index < -0.39 is 9.84 Å². The summed E-state index contributed by atoms with van der Waals surface area (Å²) in [7, 11) is -1.40. The Bertz CT molecular complexity index is 1160. The van der Waals surface area contributed by atoms with Gasteiger partial charge in [0.15, 0.2) is 9.84 Å². The van der Waals surface area contributed by atoms with Crippen molar-refractivity contribution in [1.29, 1.82) is 0 Å². The number of rotatable bonds is 5. The number of nitrogens with zero attached hydrogens (tertiary/aromatic N) is 3. The predicted molar refractivity (Wildman–Crippen MR) is 113 cm³/mol. The van der Waals surface area contributed by atoms with Gasteiger partial charge >= 0.3 is 0 Å². The van der Waals surface area contributed by atoms with E-state index in [2.05, 4.69) is 9.97 Å². The van der Waals surface area contributed by atoms with Crippen LogP contribution >= 0.6 is 23.1 Å². The number of benzene rings is 1. The van der Waals surface area contributed by atoms with Gasteiger partial charge in [-0.3, -0.25) is 4.79 Å². The highest BCUT2D eigenvalue weighted by Gasteiger charge is 2.32. The fraction of sp³-hybridized carbons (Fsp3) is 0.316. The van der Waals surface area contributed by atoms with Gasteiger partial charge in [-0.15, -0.1) is 11.3 Å². The quantitative estimate of drug-likeness (QED) is 0.438. The summed E-state index contributed by atoms with van der Waals surface area (Å²) in [5, 5.41) is 3.47. The van der Waals surface area contributed by atoms with Gasteiger partial charge in [-0.25, -0.2) is 22.8 Å². The minimum atomic E-state index is -3.05. The van der Waals surface area contributed by atoms with Crippen LogP contribution in [0.4, 0.5) is 4.39 Å². The molecule has 10 heteroatoms. The largest absolute Gasteiger partial charge is 0.341 e. The molecule has 6 nitrogen and oxygen atoms in total. The van der Waals surface area contributed by atoms with Gasteiger partial charge in [0.25, 0.3) is 0 Å². The lowest BCUT2D eigenvalue weighted by Crippen LogP contribution is -2.38. The molecular formula is C19H18FN3O3S3. The number of fused-ring (bicyclic) bond motifs is 1. The summed E-state index contributed by atoms with van der Waals surface area (Å²) in [6, 6.07) is 5.96. The number of sulfone groups is 1. The van der Waals surface area contributed by atoms with Gasteiger partial charge in [0, 0.05) is 24.0 Å². The molecule has 1 aliphatic heterocycles. The molecule has 1 saturated heterocycles. The molecule has 0 bridgehead atoms. The Morgan fingerprint density at radius 3 is 2.76 bits per heavy atom. The van der Waals surface area contributed by atoms with E-state index >= 15 is 0 Å². The Morgan fingerprint density at radius 1 is 1.31 bits per heavy atom. The first-order valence-corrected chi connectivity index (χ1v) is 12.6. The van der Waals surface area contributed by atoms with Crippen LogP contribution in [0.2, 0.25) is 0 Å². The summed E-state index contributed by atoms with van der Waals surface area (Å²) in [6.45, 7) is 0. The number of carbonyl (C=O) groups excluding carboxylic acids is 1. The van der Waals surface area contributed by atoms with E-state index in [-0.39, 0.29) is 35.0 Å². The highest BCUT2D eigenvalue weighted by atomic mass is 32.2. The maximum Gasteiger partial charge on any atom is 0.233 e. The fourth-order valence-electron chi connectivity index (χ4n) is 3.32. The lowest BCUT2D eigenvalue weighted by atomic mass is 10.1. The van der Waals surface area contributed by atoms with Gasteiger partial charge in [0.05, 0.1) is 22.6 Å². The topological polar surface area (TPSA) is 80.2 Å². The van der Waals surface area contributed by atoms with Gasteiger partial charge < -0.3 is 4.90 Å². The Balaban J connectivity index is 1.54. The molecule has 1 fully saturated rings.